The molecule has 1 atom stereocenters. The number of nitrogens with one attached hydrogen (secondary N) is 1. The minimum Gasteiger partial charge on any atom is -0.508 e. The molecule has 0 radical (unpaired) electrons. The summed E-state index contributed by atoms with van der Waals surface area (Å²) in [5.41, 5.74) is 2.54. The molecule has 0 saturated heterocycles. The van der Waals surface area contributed by atoms with Gasteiger partial charge >= 0.3 is 0 Å². The van der Waals surface area contributed by atoms with Gasteiger partial charge < -0.3 is 15.5 Å². The van der Waals surface area contributed by atoms with E-state index in [2.05, 4.69) is 21.2 Å². The summed E-state index contributed by atoms with van der Waals surface area (Å²) in [6.07, 6.45) is 0. The Bertz CT molecular complexity index is 646. The summed E-state index contributed by atoms with van der Waals surface area (Å²) in [4.78, 5) is 0. The molecule has 2 aromatic carbocycles. The number of aromatic hydroxyl groups is 2. The Kier molecular flexibility index (Phi) is 4.45. The van der Waals surface area contributed by atoms with E-state index in [1.807, 2.05) is 26.0 Å². The number of aryl methyl sites for hydroxylation is 1. The van der Waals surface area contributed by atoms with Gasteiger partial charge in [-0.05, 0) is 59.6 Å². The van der Waals surface area contributed by atoms with Crippen molar-refractivity contribution in [2.45, 2.75) is 19.9 Å². The van der Waals surface area contributed by atoms with E-state index in [1.165, 1.54) is 6.07 Å². The van der Waals surface area contributed by atoms with Gasteiger partial charge in [-0.2, -0.15) is 0 Å². The van der Waals surface area contributed by atoms with Crippen LogP contribution < -0.4 is 5.32 Å². The molecule has 5 heteroatoms. The van der Waals surface area contributed by atoms with Crippen LogP contribution in [0.1, 0.15) is 24.1 Å². The maximum atomic E-state index is 9.87. The van der Waals surface area contributed by atoms with Crippen LogP contribution in [0.4, 0.5) is 5.69 Å². The second kappa shape index (κ2) is 5.94. The minimum atomic E-state index is -0.134. The van der Waals surface area contributed by atoms with Crippen molar-refractivity contribution in [3.63, 3.8) is 0 Å². The van der Waals surface area contributed by atoms with E-state index in [1.54, 1.807) is 12.1 Å². The number of benzene rings is 2. The molecule has 20 heavy (non-hydrogen) atoms. The van der Waals surface area contributed by atoms with Gasteiger partial charge in [0.25, 0.3) is 0 Å². The first-order valence-electron chi connectivity index (χ1n) is 6.12. The summed E-state index contributed by atoms with van der Waals surface area (Å²) in [6.45, 7) is 3.86. The highest BCUT2D eigenvalue weighted by molar-refractivity contribution is 9.10. The molecular formula is C15H15BrClNO2. The zero-order chi connectivity index (χ0) is 14.9. The third kappa shape index (κ3) is 3.19. The molecule has 0 saturated carbocycles. The second-order valence-corrected chi connectivity index (χ2v) is 5.95. The second-order valence-electron chi connectivity index (χ2n) is 4.69. The highest BCUT2D eigenvalue weighted by atomic mass is 79.9. The van der Waals surface area contributed by atoms with E-state index in [9.17, 15) is 10.2 Å². The van der Waals surface area contributed by atoms with Gasteiger partial charge in [0.15, 0.2) is 0 Å². The zero-order valence-corrected chi connectivity index (χ0v) is 13.5. The van der Waals surface area contributed by atoms with E-state index in [0.29, 0.717) is 10.6 Å². The van der Waals surface area contributed by atoms with Crippen molar-refractivity contribution in [2.24, 2.45) is 0 Å². The standard InChI is InChI=1S/C15H15BrClNO2/c1-8-5-12(16)14(7-13(8)17)18-9(2)11-4-3-10(19)6-15(11)20/h3-7,9,18-20H,1-2H3. The van der Waals surface area contributed by atoms with Crippen LogP contribution in [0.3, 0.4) is 0 Å². The average molecular weight is 357 g/mol. The lowest BCUT2D eigenvalue weighted by Crippen LogP contribution is -2.07. The number of rotatable bonds is 3. The van der Waals surface area contributed by atoms with Gasteiger partial charge in [-0.3, -0.25) is 0 Å². The number of hydrogen-bond donors (Lipinski definition) is 3. The zero-order valence-electron chi connectivity index (χ0n) is 11.1. The lowest BCUT2D eigenvalue weighted by Gasteiger charge is -2.19. The monoisotopic (exact) mass is 355 g/mol. The molecular weight excluding hydrogens is 342 g/mol. The molecule has 1 unspecified atom stereocenters. The highest BCUT2D eigenvalue weighted by Gasteiger charge is 2.13. The highest BCUT2D eigenvalue weighted by Crippen LogP contribution is 2.34. The molecule has 0 bridgehead atoms. The number of hydrogen-bond acceptors (Lipinski definition) is 3. The number of halogens is 2. The Morgan fingerprint density at radius 1 is 1.20 bits per heavy atom. The third-order valence-corrected chi connectivity index (χ3v) is 4.16. The Hall–Kier alpha value is -1.39. The van der Waals surface area contributed by atoms with Gasteiger partial charge in [0, 0.05) is 21.1 Å². The Balaban J connectivity index is 2.27. The van der Waals surface area contributed by atoms with E-state index in [0.717, 1.165) is 15.7 Å². The molecule has 2 rings (SSSR count). The van der Waals surface area contributed by atoms with Crippen LogP contribution in [0.2, 0.25) is 5.02 Å². The predicted octanol–water partition coefficient (Wildman–Crippen LogP) is 5.00. The van der Waals surface area contributed by atoms with Crippen molar-refractivity contribution in [3.8, 4) is 11.5 Å². The quantitative estimate of drug-likeness (QED) is 0.726. The normalized spacial score (nSPS) is 12.2. The van der Waals surface area contributed by atoms with Gasteiger partial charge in [-0.25, -0.2) is 0 Å². The lowest BCUT2D eigenvalue weighted by atomic mass is 10.1. The third-order valence-electron chi connectivity index (χ3n) is 3.10. The van der Waals surface area contributed by atoms with Crippen LogP contribution in [-0.4, -0.2) is 10.2 Å². The summed E-state index contributed by atoms with van der Waals surface area (Å²) in [5, 5.41) is 23.1. The molecule has 3 nitrogen and oxygen atoms in total. The first-order valence-corrected chi connectivity index (χ1v) is 7.29. The van der Waals surface area contributed by atoms with Crippen LogP contribution in [-0.2, 0) is 0 Å². The molecule has 3 N–H and O–H groups in total. The number of phenols is 2. The first-order chi connectivity index (χ1) is 9.38. The molecule has 106 valence electrons. The van der Waals surface area contributed by atoms with E-state index < -0.39 is 0 Å². The van der Waals surface area contributed by atoms with Crippen LogP contribution in [0.25, 0.3) is 0 Å². The largest absolute Gasteiger partial charge is 0.508 e. The van der Waals surface area contributed by atoms with Crippen LogP contribution >= 0.6 is 27.5 Å². The summed E-state index contributed by atoms with van der Waals surface area (Å²) >= 11 is 9.61. The van der Waals surface area contributed by atoms with Gasteiger partial charge in [0.05, 0.1) is 11.7 Å². The van der Waals surface area contributed by atoms with Crippen molar-refractivity contribution in [2.75, 3.05) is 5.32 Å². The molecule has 0 aromatic heterocycles. The fourth-order valence-corrected chi connectivity index (χ4v) is 2.70. The first kappa shape index (κ1) is 15.0. The fourth-order valence-electron chi connectivity index (χ4n) is 1.97. The van der Waals surface area contributed by atoms with Gasteiger partial charge in [-0.15, -0.1) is 0 Å². The number of phenolic OH excluding ortho intramolecular Hbond substituents is 2. The molecule has 0 aliphatic heterocycles. The van der Waals surface area contributed by atoms with Crippen LogP contribution in [0.15, 0.2) is 34.8 Å². The van der Waals surface area contributed by atoms with Gasteiger partial charge in [-0.1, -0.05) is 11.6 Å². The Labute approximate surface area is 131 Å². The van der Waals surface area contributed by atoms with Crippen molar-refractivity contribution >= 4 is 33.2 Å². The van der Waals surface area contributed by atoms with Crippen molar-refractivity contribution < 1.29 is 10.2 Å². The minimum absolute atomic E-state index is 0.0398. The van der Waals surface area contributed by atoms with Crippen LogP contribution in [0.5, 0.6) is 11.5 Å². The summed E-state index contributed by atoms with van der Waals surface area (Å²) in [7, 11) is 0. The lowest BCUT2D eigenvalue weighted by molar-refractivity contribution is 0.444. The average Bonchev–Trinajstić information content (AvgIpc) is 2.35. The molecule has 0 spiro atoms. The maximum absolute atomic E-state index is 9.87. The molecule has 0 aliphatic carbocycles. The molecule has 2 aromatic rings. The molecule has 0 heterocycles. The smallest absolute Gasteiger partial charge is 0.124 e. The van der Waals surface area contributed by atoms with Gasteiger partial charge in [0.2, 0.25) is 0 Å². The summed E-state index contributed by atoms with van der Waals surface area (Å²) in [6, 6.07) is 8.20. The summed E-state index contributed by atoms with van der Waals surface area (Å²) < 4.78 is 0.907. The fraction of sp³-hybridized carbons (Fsp3) is 0.200. The topological polar surface area (TPSA) is 52.5 Å². The van der Waals surface area contributed by atoms with E-state index >= 15 is 0 Å². The number of anilines is 1. The molecule has 0 fully saturated rings. The van der Waals surface area contributed by atoms with E-state index in [-0.39, 0.29) is 17.5 Å². The Morgan fingerprint density at radius 3 is 2.55 bits per heavy atom. The Morgan fingerprint density at radius 2 is 1.90 bits per heavy atom. The summed E-state index contributed by atoms with van der Waals surface area (Å²) in [5.74, 6) is 0.0948. The molecule has 0 aliphatic rings. The van der Waals surface area contributed by atoms with Crippen LogP contribution in [0, 0.1) is 6.92 Å². The SMILES string of the molecule is Cc1cc(Br)c(NC(C)c2ccc(O)cc2O)cc1Cl. The van der Waals surface area contributed by atoms with E-state index in [4.69, 9.17) is 11.6 Å². The van der Waals surface area contributed by atoms with Gasteiger partial charge in [0.1, 0.15) is 11.5 Å². The van der Waals surface area contributed by atoms with Crippen molar-refractivity contribution in [1.29, 1.82) is 0 Å². The van der Waals surface area contributed by atoms with Crippen molar-refractivity contribution in [1.82, 2.24) is 0 Å². The maximum Gasteiger partial charge on any atom is 0.124 e. The molecule has 0 amide bonds. The van der Waals surface area contributed by atoms with Crippen molar-refractivity contribution in [3.05, 3.63) is 51.0 Å². The predicted molar refractivity (Wildman–Crippen MR) is 85.7 cm³/mol.